The molecule has 168 valence electrons. The van der Waals surface area contributed by atoms with Crippen molar-refractivity contribution >= 4 is 11.6 Å². The zero-order valence-electron chi connectivity index (χ0n) is 17.9. The van der Waals surface area contributed by atoms with E-state index in [1.54, 1.807) is 41.6 Å². The van der Waals surface area contributed by atoms with Crippen LogP contribution in [0.2, 0.25) is 0 Å². The van der Waals surface area contributed by atoms with Crippen molar-refractivity contribution in [3.63, 3.8) is 0 Å². The SMILES string of the molecule is Cc1nn2cccnc2c1C(=O)N1[C@H]2CC[C@@H]1c1nn(C)c(-c3cc(F)c(F)c(F)c3)c1C2. The van der Waals surface area contributed by atoms with Crippen molar-refractivity contribution in [2.45, 2.75) is 38.3 Å². The van der Waals surface area contributed by atoms with Crippen molar-refractivity contribution in [3.05, 3.63) is 70.6 Å². The van der Waals surface area contributed by atoms with Crippen molar-refractivity contribution in [1.82, 2.24) is 29.3 Å². The van der Waals surface area contributed by atoms with Gasteiger partial charge in [-0.05, 0) is 44.4 Å². The molecular weight excluding hydrogens is 433 g/mol. The van der Waals surface area contributed by atoms with Crippen LogP contribution in [0.4, 0.5) is 13.2 Å². The Morgan fingerprint density at radius 1 is 1.12 bits per heavy atom. The Kier molecular flexibility index (Phi) is 4.17. The van der Waals surface area contributed by atoms with Crippen LogP contribution in [0.3, 0.4) is 0 Å². The summed E-state index contributed by atoms with van der Waals surface area (Å²) in [6.07, 6.45) is 5.39. The zero-order chi connectivity index (χ0) is 23.0. The highest BCUT2D eigenvalue weighted by Crippen LogP contribution is 2.47. The normalized spacial score (nSPS) is 19.4. The number of halogens is 3. The second-order valence-electron chi connectivity index (χ2n) is 8.60. The quantitative estimate of drug-likeness (QED) is 0.435. The molecule has 0 N–H and O–H groups in total. The summed E-state index contributed by atoms with van der Waals surface area (Å²) in [5, 5.41) is 9.05. The fraction of sp³-hybridized carbons (Fsp3) is 0.304. The number of hydrogen-bond acceptors (Lipinski definition) is 4. The summed E-state index contributed by atoms with van der Waals surface area (Å²) >= 11 is 0. The van der Waals surface area contributed by atoms with Gasteiger partial charge in [-0.3, -0.25) is 9.48 Å². The van der Waals surface area contributed by atoms with E-state index in [0.29, 0.717) is 34.7 Å². The largest absolute Gasteiger partial charge is 0.326 e. The average molecular weight is 452 g/mol. The third kappa shape index (κ3) is 2.76. The van der Waals surface area contributed by atoms with Gasteiger partial charge in [0.1, 0.15) is 5.56 Å². The number of carbonyl (C=O) groups is 1. The molecule has 4 aromatic rings. The van der Waals surface area contributed by atoms with Gasteiger partial charge in [0.2, 0.25) is 0 Å². The molecule has 7 nitrogen and oxygen atoms in total. The number of amides is 1. The lowest BCUT2D eigenvalue weighted by molar-refractivity contribution is 0.0643. The molecule has 2 atom stereocenters. The molecule has 3 aromatic heterocycles. The first-order chi connectivity index (χ1) is 15.8. The summed E-state index contributed by atoms with van der Waals surface area (Å²) < 4.78 is 44.5. The number of aryl methyl sites for hydroxylation is 2. The number of rotatable bonds is 2. The third-order valence-corrected chi connectivity index (χ3v) is 6.71. The molecule has 0 spiro atoms. The van der Waals surface area contributed by atoms with Crippen LogP contribution in [0.1, 0.15) is 46.2 Å². The van der Waals surface area contributed by atoms with Crippen molar-refractivity contribution in [1.29, 1.82) is 0 Å². The van der Waals surface area contributed by atoms with E-state index in [1.807, 2.05) is 4.90 Å². The Morgan fingerprint density at radius 3 is 2.64 bits per heavy atom. The predicted octanol–water partition coefficient (Wildman–Crippen LogP) is 3.76. The molecule has 1 aromatic carbocycles. The maximum absolute atomic E-state index is 13.9. The summed E-state index contributed by atoms with van der Waals surface area (Å²) in [6, 6.07) is 3.37. The number of carbonyl (C=O) groups excluding carboxylic acids is 1. The van der Waals surface area contributed by atoms with Crippen molar-refractivity contribution in [2.75, 3.05) is 0 Å². The molecule has 10 heteroatoms. The third-order valence-electron chi connectivity index (χ3n) is 6.71. The topological polar surface area (TPSA) is 68.3 Å². The van der Waals surface area contributed by atoms with Crippen molar-refractivity contribution < 1.29 is 18.0 Å². The van der Waals surface area contributed by atoms with E-state index in [0.717, 1.165) is 30.5 Å². The predicted molar refractivity (Wildman–Crippen MR) is 112 cm³/mol. The standard InChI is InChI=1S/C23H19F3N6O/c1-11-18(22-27-6-3-7-31(22)28-11)23(33)32-13-4-5-17(32)20-14(10-13)21(30(2)29-20)12-8-15(24)19(26)16(25)9-12/h3,6-9,13,17H,4-5,10H2,1-2H3/t13-,17+/m0/s1. The molecule has 2 bridgehead atoms. The van der Waals surface area contributed by atoms with Crippen LogP contribution in [0.15, 0.2) is 30.6 Å². The van der Waals surface area contributed by atoms with Crippen LogP contribution in [0.5, 0.6) is 0 Å². The van der Waals surface area contributed by atoms with Gasteiger partial charge in [0.05, 0.1) is 23.1 Å². The molecule has 6 rings (SSSR count). The first-order valence-corrected chi connectivity index (χ1v) is 10.7. The number of nitrogens with zero attached hydrogens (tertiary/aromatic N) is 6. The minimum absolute atomic E-state index is 0.0915. The van der Waals surface area contributed by atoms with E-state index < -0.39 is 17.5 Å². The van der Waals surface area contributed by atoms with Crippen LogP contribution >= 0.6 is 0 Å². The van der Waals surface area contributed by atoms with Crippen molar-refractivity contribution in [2.24, 2.45) is 7.05 Å². The van der Waals surface area contributed by atoms with Gasteiger partial charge in [0.25, 0.3) is 5.91 Å². The van der Waals surface area contributed by atoms with E-state index in [9.17, 15) is 18.0 Å². The van der Waals surface area contributed by atoms with Gasteiger partial charge in [-0.1, -0.05) is 0 Å². The molecular formula is C23H19F3N6O. The van der Waals surface area contributed by atoms with Gasteiger partial charge in [-0.2, -0.15) is 10.2 Å². The first-order valence-electron chi connectivity index (χ1n) is 10.7. The van der Waals surface area contributed by atoms with Crippen LogP contribution in [-0.4, -0.2) is 41.2 Å². The fourth-order valence-corrected chi connectivity index (χ4v) is 5.38. The summed E-state index contributed by atoms with van der Waals surface area (Å²) in [5.74, 6) is -4.13. The van der Waals surface area contributed by atoms with Gasteiger partial charge < -0.3 is 4.90 Å². The minimum atomic E-state index is -1.50. The van der Waals surface area contributed by atoms with E-state index in [-0.39, 0.29) is 23.6 Å². The van der Waals surface area contributed by atoms with Crippen LogP contribution in [0, 0.1) is 24.4 Å². The Balaban J connectivity index is 1.44. The Morgan fingerprint density at radius 2 is 1.88 bits per heavy atom. The van der Waals surface area contributed by atoms with Gasteiger partial charge in [-0.25, -0.2) is 22.7 Å². The molecule has 33 heavy (non-hydrogen) atoms. The minimum Gasteiger partial charge on any atom is -0.326 e. The molecule has 1 saturated heterocycles. The van der Waals surface area contributed by atoms with Crippen molar-refractivity contribution in [3.8, 4) is 11.3 Å². The maximum Gasteiger partial charge on any atom is 0.260 e. The molecule has 0 unspecified atom stereocenters. The molecule has 2 aliphatic rings. The summed E-state index contributed by atoms with van der Waals surface area (Å²) in [5.41, 5.74) is 3.89. The summed E-state index contributed by atoms with van der Waals surface area (Å²) in [7, 11) is 1.69. The number of aromatic nitrogens is 5. The molecule has 1 fully saturated rings. The van der Waals surface area contributed by atoms with Crippen LogP contribution in [0.25, 0.3) is 16.9 Å². The highest BCUT2D eigenvalue weighted by molar-refractivity contribution is 6.01. The highest BCUT2D eigenvalue weighted by atomic mass is 19.2. The lowest BCUT2D eigenvalue weighted by Gasteiger charge is -2.34. The van der Waals surface area contributed by atoms with Crippen LogP contribution in [-0.2, 0) is 13.5 Å². The fourth-order valence-electron chi connectivity index (χ4n) is 5.38. The second kappa shape index (κ2) is 6.90. The van der Waals surface area contributed by atoms with Gasteiger partial charge in [0, 0.05) is 36.6 Å². The lowest BCUT2D eigenvalue weighted by atomic mass is 9.94. The first kappa shape index (κ1) is 20.0. The Bertz CT molecular complexity index is 1440. The Labute approximate surface area is 186 Å². The number of hydrogen-bond donors (Lipinski definition) is 0. The molecule has 2 aliphatic heterocycles. The molecule has 1 amide bonds. The smallest absolute Gasteiger partial charge is 0.260 e. The highest BCUT2D eigenvalue weighted by Gasteiger charge is 2.46. The summed E-state index contributed by atoms with van der Waals surface area (Å²) in [6.45, 7) is 1.79. The van der Waals surface area contributed by atoms with E-state index in [4.69, 9.17) is 0 Å². The molecule has 0 aliphatic carbocycles. The van der Waals surface area contributed by atoms with Gasteiger partial charge in [-0.15, -0.1) is 0 Å². The molecule has 5 heterocycles. The van der Waals surface area contributed by atoms with E-state index >= 15 is 0 Å². The van der Waals surface area contributed by atoms with E-state index in [2.05, 4.69) is 15.2 Å². The zero-order valence-corrected chi connectivity index (χ0v) is 17.9. The lowest BCUT2D eigenvalue weighted by Crippen LogP contribution is -2.42. The monoisotopic (exact) mass is 452 g/mol. The Hall–Kier alpha value is -3.69. The summed E-state index contributed by atoms with van der Waals surface area (Å²) in [4.78, 5) is 19.9. The number of benzene rings is 1. The average Bonchev–Trinajstić information content (AvgIpc) is 3.41. The molecule has 0 saturated carbocycles. The number of fused-ring (bicyclic) bond motifs is 5. The molecule has 0 radical (unpaired) electrons. The van der Waals surface area contributed by atoms with Crippen LogP contribution < -0.4 is 0 Å². The van der Waals surface area contributed by atoms with E-state index in [1.165, 1.54) is 0 Å². The van der Waals surface area contributed by atoms with Gasteiger partial charge >= 0.3 is 0 Å². The second-order valence-corrected chi connectivity index (χ2v) is 8.60. The maximum atomic E-state index is 13.9. The van der Waals surface area contributed by atoms with Gasteiger partial charge in [0.15, 0.2) is 23.1 Å².